The first-order chi connectivity index (χ1) is 31.9. The predicted octanol–water partition coefficient (Wildman–Crippen LogP) is -7.26. The van der Waals surface area contributed by atoms with Gasteiger partial charge >= 0.3 is 0 Å². The molecule has 0 radical (unpaired) electrons. The lowest BCUT2D eigenvalue weighted by Crippen LogP contribution is -2.62. The van der Waals surface area contributed by atoms with Gasteiger partial charge in [0.2, 0.25) is 0 Å². The van der Waals surface area contributed by atoms with Crippen LogP contribution in [-0.2, 0) is 28.5 Å². The Morgan fingerprint density at radius 1 is 0.507 bits per heavy atom. The van der Waals surface area contributed by atoms with Gasteiger partial charge in [0.1, 0.15) is 85.5 Å². The van der Waals surface area contributed by atoms with Crippen molar-refractivity contribution in [1.82, 2.24) is 15.5 Å². The highest BCUT2D eigenvalue weighted by Gasteiger charge is 2.49. The van der Waals surface area contributed by atoms with E-state index in [1.165, 1.54) is 32.1 Å². The number of ether oxygens (including phenoxy) is 4. The Kier molecular flexibility index (Phi) is 30.0. The minimum Gasteiger partial charge on any atom is -0.394 e. The zero-order valence-electron chi connectivity index (χ0n) is 38.3. The van der Waals surface area contributed by atoms with Crippen LogP contribution in [0.5, 0.6) is 0 Å². The van der Waals surface area contributed by atoms with Crippen molar-refractivity contribution in [2.24, 2.45) is 0 Å². The molecule has 396 valence electrons. The van der Waals surface area contributed by atoms with E-state index in [1.54, 1.807) is 0 Å². The minimum absolute atomic E-state index is 0.00913. The fraction of sp³-hybridized carbons (Fsp3) is 0.952. The monoisotopic (exact) mass is 980 g/mol. The zero-order valence-corrected chi connectivity index (χ0v) is 38.3. The molecule has 2 aliphatic rings. The molecule has 0 aromatic carbocycles. The molecule has 0 aliphatic carbocycles. The molecule has 2 heterocycles. The van der Waals surface area contributed by atoms with Crippen molar-refractivity contribution in [2.45, 2.75) is 194 Å². The summed E-state index contributed by atoms with van der Waals surface area (Å²) in [5, 5.41) is 168. The van der Waals surface area contributed by atoms with E-state index in [0.717, 1.165) is 32.1 Å². The van der Waals surface area contributed by atoms with Gasteiger partial charge in [0.25, 0.3) is 11.8 Å². The van der Waals surface area contributed by atoms with Crippen LogP contribution < -0.4 is 10.6 Å². The molecular weight excluding hydrogens is 898 g/mol. The number of nitrogens with one attached hydrogen (secondary N) is 2. The Labute approximate surface area is 390 Å². The Balaban J connectivity index is 1.98. The van der Waals surface area contributed by atoms with E-state index >= 15 is 0 Å². The number of carbonyl (C=O) groups excluding carboxylic acids is 2. The molecule has 2 saturated heterocycles. The summed E-state index contributed by atoms with van der Waals surface area (Å²) in [5.41, 5.74) is 0. The molecule has 0 aromatic heterocycles. The predicted molar refractivity (Wildman–Crippen MR) is 231 cm³/mol. The summed E-state index contributed by atoms with van der Waals surface area (Å²) in [6.45, 7) is -0.0936. The molecule has 67 heavy (non-hydrogen) atoms. The Morgan fingerprint density at radius 2 is 0.851 bits per heavy atom. The number of unbranched alkanes of at least 4 members (excludes halogenated alkanes) is 9. The summed E-state index contributed by atoms with van der Waals surface area (Å²) in [6, 6.07) is 0. The van der Waals surface area contributed by atoms with Crippen molar-refractivity contribution < 1.29 is 110 Å². The smallest absolute Gasteiger partial charge is 0.251 e. The number of aliphatic hydroxyl groups excluding tert-OH is 16. The van der Waals surface area contributed by atoms with Gasteiger partial charge in [-0.1, -0.05) is 64.7 Å². The molecule has 0 spiro atoms. The van der Waals surface area contributed by atoms with Crippen LogP contribution in [0.4, 0.5) is 0 Å². The van der Waals surface area contributed by atoms with Crippen LogP contribution in [-0.4, -0.2) is 268 Å². The second kappa shape index (κ2) is 32.9. The summed E-state index contributed by atoms with van der Waals surface area (Å²) in [6.07, 6.45) is -22.7. The third-order valence-electron chi connectivity index (χ3n) is 12.0. The Bertz CT molecular complexity index is 1250. The van der Waals surface area contributed by atoms with Crippen molar-refractivity contribution >= 4 is 11.8 Å². The first-order valence-electron chi connectivity index (χ1n) is 23.4. The SMILES string of the molecule is CCCCCCCCCCCCN(CCCNC(=O)[C@H](O)[C@@H](O)[C@H](O[C@@H]1O[C@H](CO)[C@H](O)[C@H](O)[C@H]1O)[C@H](O)CO)CCCNC(=O)[C@H](O)[C@@H](O)[C@H](O[C@@H]1O[C@H](CO)[C@H](O)[C@H](O)[C@H]1O)[C@H](O)CO. The molecule has 0 unspecified atom stereocenters. The average molecular weight is 980 g/mol. The first kappa shape index (κ1) is 61.2. The van der Waals surface area contributed by atoms with Gasteiger partial charge in [-0.2, -0.15) is 0 Å². The summed E-state index contributed by atoms with van der Waals surface area (Å²) >= 11 is 0. The lowest BCUT2D eigenvalue weighted by molar-refractivity contribution is -0.326. The van der Waals surface area contributed by atoms with Crippen LogP contribution in [0.25, 0.3) is 0 Å². The van der Waals surface area contributed by atoms with Crippen molar-refractivity contribution in [2.75, 3.05) is 59.2 Å². The number of hydrogen-bond acceptors (Lipinski definition) is 23. The van der Waals surface area contributed by atoms with Gasteiger partial charge < -0.3 is 116 Å². The summed E-state index contributed by atoms with van der Waals surface area (Å²) in [7, 11) is 0. The van der Waals surface area contributed by atoms with E-state index in [0.29, 0.717) is 32.5 Å². The fourth-order valence-corrected chi connectivity index (χ4v) is 7.74. The molecular formula is C42H81N3O22. The van der Waals surface area contributed by atoms with Gasteiger partial charge in [-0.05, 0) is 38.9 Å². The van der Waals surface area contributed by atoms with Gasteiger partial charge in [-0.15, -0.1) is 0 Å². The molecule has 0 bridgehead atoms. The highest BCUT2D eigenvalue weighted by Crippen LogP contribution is 2.27. The fourth-order valence-electron chi connectivity index (χ4n) is 7.74. The maximum atomic E-state index is 12.9. The van der Waals surface area contributed by atoms with E-state index in [1.807, 2.05) is 0 Å². The standard InChI is InChI=1S/C42H81N3O22/c1-2-3-4-5-6-7-8-9-10-11-16-45(17-12-14-43-39(62)33(58)31(56)37(23(50)19-46)66-41-35(60)29(54)27(52)25(21-48)64-41)18-13-15-44-40(63)34(59)32(57)38(24(51)20-47)67-42-36(61)30(55)28(53)26(22-49)65-42/h23-38,41-42,46-61H,2-22H2,1H3,(H,43,62)(H,44,63)/t23-,24-,25-,26-,27+,28+,29+,30+,31-,32-,33-,34-,35-,36-,37-,38-,41+,42+/m1/s1. The van der Waals surface area contributed by atoms with Gasteiger partial charge in [-0.25, -0.2) is 0 Å². The van der Waals surface area contributed by atoms with E-state index in [4.69, 9.17) is 18.9 Å². The van der Waals surface area contributed by atoms with Crippen molar-refractivity contribution in [3.63, 3.8) is 0 Å². The molecule has 2 amide bonds. The minimum atomic E-state index is -2.24. The number of rotatable bonds is 35. The normalized spacial score (nSPS) is 29.4. The largest absolute Gasteiger partial charge is 0.394 e. The molecule has 18 N–H and O–H groups in total. The van der Waals surface area contributed by atoms with E-state index in [9.17, 15) is 91.3 Å². The van der Waals surface area contributed by atoms with E-state index in [2.05, 4.69) is 22.5 Å². The molecule has 2 fully saturated rings. The quantitative estimate of drug-likeness (QED) is 0.0262. The Hall–Kier alpha value is -1.90. The van der Waals surface area contributed by atoms with Crippen LogP contribution in [0.3, 0.4) is 0 Å². The maximum absolute atomic E-state index is 12.9. The lowest BCUT2D eigenvalue weighted by atomic mass is 9.98. The van der Waals surface area contributed by atoms with Crippen LogP contribution in [0, 0.1) is 0 Å². The molecule has 25 heteroatoms. The van der Waals surface area contributed by atoms with Crippen LogP contribution in [0.15, 0.2) is 0 Å². The molecule has 25 nitrogen and oxygen atoms in total. The number of aliphatic hydroxyl groups is 16. The number of hydrogen-bond donors (Lipinski definition) is 18. The number of carbonyl (C=O) groups is 2. The molecule has 2 rings (SSSR count). The van der Waals surface area contributed by atoms with Crippen molar-refractivity contribution in [1.29, 1.82) is 0 Å². The molecule has 0 saturated carbocycles. The van der Waals surface area contributed by atoms with Crippen LogP contribution >= 0.6 is 0 Å². The van der Waals surface area contributed by atoms with E-state index < -0.39 is 148 Å². The van der Waals surface area contributed by atoms with E-state index in [-0.39, 0.29) is 13.1 Å². The summed E-state index contributed by atoms with van der Waals surface area (Å²) in [5.74, 6) is -2.17. The average Bonchev–Trinajstić information content (AvgIpc) is 3.33. The summed E-state index contributed by atoms with van der Waals surface area (Å²) in [4.78, 5) is 27.9. The van der Waals surface area contributed by atoms with Crippen LogP contribution in [0.1, 0.15) is 84.0 Å². The highest BCUT2D eigenvalue weighted by molar-refractivity contribution is 5.81. The van der Waals surface area contributed by atoms with Gasteiger partial charge in [0.15, 0.2) is 24.8 Å². The Morgan fingerprint density at radius 3 is 1.19 bits per heavy atom. The number of nitrogens with zero attached hydrogens (tertiary/aromatic N) is 1. The van der Waals surface area contributed by atoms with Gasteiger partial charge in [-0.3, -0.25) is 9.59 Å². The van der Waals surface area contributed by atoms with Crippen molar-refractivity contribution in [3.8, 4) is 0 Å². The molecule has 0 aromatic rings. The molecule has 2 aliphatic heterocycles. The lowest BCUT2D eigenvalue weighted by Gasteiger charge is -2.42. The van der Waals surface area contributed by atoms with Crippen molar-refractivity contribution in [3.05, 3.63) is 0 Å². The topological polar surface area (TPSA) is 422 Å². The highest BCUT2D eigenvalue weighted by atomic mass is 16.7. The first-order valence-corrected chi connectivity index (χ1v) is 23.4. The van der Waals surface area contributed by atoms with Gasteiger partial charge in [0.05, 0.1) is 26.4 Å². The second-order valence-electron chi connectivity index (χ2n) is 17.3. The summed E-state index contributed by atoms with van der Waals surface area (Å²) < 4.78 is 21.2. The van der Waals surface area contributed by atoms with Gasteiger partial charge in [0, 0.05) is 13.1 Å². The molecule has 18 atom stereocenters. The third kappa shape index (κ3) is 19.7. The zero-order chi connectivity index (χ0) is 50.2. The maximum Gasteiger partial charge on any atom is 0.251 e. The second-order valence-corrected chi connectivity index (χ2v) is 17.3. The van der Waals surface area contributed by atoms with Crippen LogP contribution in [0.2, 0.25) is 0 Å². The number of amides is 2. The third-order valence-corrected chi connectivity index (χ3v) is 12.0.